The molecule has 0 unspecified atom stereocenters. The molecule has 3 nitrogen and oxygen atoms in total. The van der Waals surface area contributed by atoms with Crippen molar-refractivity contribution >= 4 is 0 Å². The topological polar surface area (TPSA) is 42.2 Å². The smallest absolute Gasteiger partial charge is 0.201 e. The van der Waals surface area contributed by atoms with Crippen LogP contribution in [0.4, 0.5) is 8.78 Å². The Morgan fingerprint density at radius 2 is 1.59 bits per heavy atom. The van der Waals surface area contributed by atoms with Crippen LogP contribution < -0.4 is 9.47 Å². The van der Waals surface area contributed by atoms with Crippen LogP contribution in [0.1, 0.15) is 81.8 Å². The van der Waals surface area contributed by atoms with Crippen molar-refractivity contribution in [1.82, 2.24) is 0 Å². The first-order valence-electron chi connectivity index (χ1n) is 11.9. The highest BCUT2D eigenvalue weighted by atomic mass is 19.2. The number of unbranched alkanes of at least 4 members (excludes halogenated alkanes) is 4. The molecule has 3 rings (SSSR count). The first-order valence-corrected chi connectivity index (χ1v) is 11.9. The Morgan fingerprint density at radius 1 is 0.875 bits per heavy atom. The third-order valence-electron chi connectivity index (χ3n) is 6.36. The lowest BCUT2D eigenvalue weighted by Gasteiger charge is -2.29. The van der Waals surface area contributed by atoms with E-state index in [2.05, 4.69) is 31.2 Å². The largest absolute Gasteiger partial charge is 0.494 e. The first-order chi connectivity index (χ1) is 15.6. The van der Waals surface area contributed by atoms with E-state index >= 15 is 0 Å². The zero-order valence-corrected chi connectivity index (χ0v) is 18.9. The van der Waals surface area contributed by atoms with Crippen molar-refractivity contribution in [3.63, 3.8) is 0 Å². The van der Waals surface area contributed by atoms with Gasteiger partial charge in [-0.25, -0.2) is 4.39 Å². The molecule has 1 saturated carbocycles. The fraction of sp³-hybridized carbons (Fsp3) is 0.519. The molecular weight excluding hydrogens is 408 g/mol. The second-order valence-electron chi connectivity index (χ2n) is 8.71. The second-order valence-corrected chi connectivity index (χ2v) is 8.71. The van der Waals surface area contributed by atoms with Gasteiger partial charge in [-0.05, 0) is 73.8 Å². The van der Waals surface area contributed by atoms with Crippen molar-refractivity contribution in [3.05, 3.63) is 59.2 Å². The minimum Gasteiger partial charge on any atom is -0.494 e. The van der Waals surface area contributed by atoms with E-state index in [1.54, 1.807) is 6.07 Å². The molecule has 0 N–H and O–H groups in total. The molecular formula is C27H33F2NO2. The SMILES string of the molecule is CCCCCCCOc1ccc([C@H]2CC[C@H](COc3ccc(C#N)c(F)c3F)CC2)cc1. The summed E-state index contributed by atoms with van der Waals surface area (Å²) in [6.45, 7) is 3.36. The molecule has 32 heavy (non-hydrogen) atoms. The molecule has 2 aromatic rings. The number of benzene rings is 2. The first kappa shape index (κ1) is 24.0. The normalized spacial score (nSPS) is 18.2. The molecule has 0 aliphatic heterocycles. The van der Waals surface area contributed by atoms with Gasteiger partial charge in [0.05, 0.1) is 18.8 Å². The molecule has 0 radical (unpaired) electrons. The number of halogens is 2. The van der Waals surface area contributed by atoms with Gasteiger partial charge in [0, 0.05) is 0 Å². The average Bonchev–Trinajstić information content (AvgIpc) is 2.83. The predicted octanol–water partition coefficient (Wildman–Crippen LogP) is 7.54. The third kappa shape index (κ3) is 6.69. The third-order valence-corrected chi connectivity index (χ3v) is 6.36. The van der Waals surface area contributed by atoms with Gasteiger partial charge in [-0.3, -0.25) is 0 Å². The van der Waals surface area contributed by atoms with Crippen LogP contribution >= 0.6 is 0 Å². The van der Waals surface area contributed by atoms with Gasteiger partial charge in [-0.1, -0.05) is 44.7 Å². The van der Waals surface area contributed by atoms with Crippen LogP contribution in [0.5, 0.6) is 11.5 Å². The van der Waals surface area contributed by atoms with Gasteiger partial charge in [-0.15, -0.1) is 0 Å². The molecule has 1 fully saturated rings. The lowest BCUT2D eigenvalue weighted by atomic mass is 9.79. The van der Waals surface area contributed by atoms with Gasteiger partial charge in [0.25, 0.3) is 0 Å². The van der Waals surface area contributed by atoms with Gasteiger partial charge < -0.3 is 9.47 Å². The maximum atomic E-state index is 14.0. The van der Waals surface area contributed by atoms with Crippen LogP contribution in [0.2, 0.25) is 0 Å². The zero-order chi connectivity index (χ0) is 22.8. The van der Waals surface area contributed by atoms with Crippen molar-refractivity contribution in [2.24, 2.45) is 5.92 Å². The minimum absolute atomic E-state index is 0.121. The molecule has 2 aromatic carbocycles. The molecule has 0 heterocycles. The number of ether oxygens (including phenoxy) is 2. The Hall–Kier alpha value is -2.61. The van der Waals surface area contributed by atoms with E-state index in [1.807, 2.05) is 0 Å². The summed E-state index contributed by atoms with van der Waals surface area (Å²) in [6, 6.07) is 12.7. The lowest BCUT2D eigenvalue weighted by molar-refractivity contribution is 0.192. The minimum atomic E-state index is -1.14. The number of hydrogen-bond donors (Lipinski definition) is 0. The molecule has 5 heteroatoms. The Bertz CT molecular complexity index is 884. The Labute approximate surface area is 190 Å². The van der Waals surface area contributed by atoms with Crippen molar-refractivity contribution < 1.29 is 18.3 Å². The average molecular weight is 442 g/mol. The highest BCUT2D eigenvalue weighted by Crippen LogP contribution is 2.36. The van der Waals surface area contributed by atoms with Crippen molar-refractivity contribution in [2.75, 3.05) is 13.2 Å². The van der Waals surface area contributed by atoms with Gasteiger partial charge in [0.1, 0.15) is 11.8 Å². The van der Waals surface area contributed by atoms with E-state index in [1.165, 1.54) is 43.4 Å². The van der Waals surface area contributed by atoms with E-state index in [-0.39, 0.29) is 11.3 Å². The zero-order valence-electron chi connectivity index (χ0n) is 18.9. The van der Waals surface area contributed by atoms with Gasteiger partial charge in [0.2, 0.25) is 5.82 Å². The van der Waals surface area contributed by atoms with Crippen LogP contribution in [0, 0.1) is 28.9 Å². The standard InChI is InChI=1S/C27H33F2NO2/c1-2-3-4-5-6-17-31-24-14-11-22(12-15-24)21-9-7-20(8-10-21)19-32-25-16-13-23(18-30)26(28)27(25)29/h11-16,20-21H,2-10,17,19H2,1H3/t20-,21-. The van der Waals surface area contributed by atoms with Crippen LogP contribution in [0.3, 0.4) is 0 Å². The monoisotopic (exact) mass is 441 g/mol. The molecule has 0 saturated heterocycles. The second kappa shape index (κ2) is 12.4. The molecule has 0 aromatic heterocycles. The number of rotatable bonds is 11. The van der Waals surface area contributed by atoms with Crippen LogP contribution in [-0.4, -0.2) is 13.2 Å². The molecule has 0 amide bonds. The van der Waals surface area contributed by atoms with E-state index in [0.717, 1.165) is 44.5 Å². The van der Waals surface area contributed by atoms with Gasteiger partial charge in [0.15, 0.2) is 11.6 Å². The van der Waals surface area contributed by atoms with Gasteiger partial charge >= 0.3 is 0 Å². The lowest BCUT2D eigenvalue weighted by Crippen LogP contribution is -2.19. The fourth-order valence-electron chi connectivity index (χ4n) is 4.33. The van der Waals surface area contributed by atoms with Crippen molar-refractivity contribution in [1.29, 1.82) is 5.26 Å². The summed E-state index contributed by atoms with van der Waals surface area (Å²) >= 11 is 0. The van der Waals surface area contributed by atoms with Crippen LogP contribution in [-0.2, 0) is 0 Å². The molecule has 172 valence electrons. The van der Waals surface area contributed by atoms with Crippen LogP contribution in [0.25, 0.3) is 0 Å². The Kier molecular flexibility index (Phi) is 9.34. The summed E-state index contributed by atoms with van der Waals surface area (Å²) < 4.78 is 39.1. The summed E-state index contributed by atoms with van der Waals surface area (Å²) in [5.74, 6) is -0.579. The van der Waals surface area contributed by atoms with E-state index in [0.29, 0.717) is 18.4 Å². The summed E-state index contributed by atoms with van der Waals surface area (Å²) in [4.78, 5) is 0. The quantitative estimate of drug-likeness (QED) is 0.338. The van der Waals surface area contributed by atoms with E-state index in [9.17, 15) is 8.78 Å². The van der Waals surface area contributed by atoms with Gasteiger partial charge in [-0.2, -0.15) is 9.65 Å². The van der Waals surface area contributed by atoms with Crippen molar-refractivity contribution in [3.8, 4) is 17.6 Å². The molecule has 1 aliphatic carbocycles. The van der Waals surface area contributed by atoms with E-state index in [4.69, 9.17) is 14.7 Å². The van der Waals surface area contributed by atoms with Crippen molar-refractivity contribution in [2.45, 2.75) is 70.6 Å². The highest BCUT2D eigenvalue weighted by Gasteiger charge is 2.24. The maximum absolute atomic E-state index is 14.0. The molecule has 0 spiro atoms. The molecule has 0 bridgehead atoms. The summed E-state index contributed by atoms with van der Waals surface area (Å²) in [5, 5.41) is 8.77. The fourth-order valence-corrected chi connectivity index (χ4v) is 4.33. The number of nitrogens with zero attached hydrogens (tertiary/aromatic N) is 1. The highest BCUT2D eigenvalue weighted by molar-refractivity contribution is 5.37. The Morgan fingerprint density at radius 3 is 2.28 bits per heavy atom. The molecule has 0 atom stereocenters. The summed E-state index contributed by atoms with van der Waals surface area (Å²) in [6.07, 6.45) is 10.2. The Balaban J connectivity index is 1.40. The summed E-state index contributed by atoms with van der Waals surface area (Å²) in [7, 11) is 0. The number of hydrogen-bond acceptors (Lipinski definition) is 3. The van der Waals surface area contributed by atoms with Crippen LogP contribution in [0.15, 0.2) is 36.4 Å². The van der Waals surface area contributed by atoms with E-state index < -0.39 is 11.6 Å². The maximum Gasteiger partial charge on any atom is 0.201 e. The summed E-state index contributed by atoms with van der Waals surface area (Å²) in [5.41, 5.74) is 1.03. The molecule has 1 aliphatic rings. The number of nitriles is 1. The predicted molar refractivity (Wildman–Crippen MR) is 122 cm³/mol.